The average Bonchev–Trinajstić information content (AvgIpc) is 2.22. The summed E-state index contributed by atoms with van der Waals surface area (Å²) >= 11 is 0. The van der Waals surface area contributed by atoms with Crippen molar-refractivity contribution in [2.24, 2.45) is 5.92 Å². The zero-order valence-electron chi connectivity index (χ0n) is 11.3. The van der Waals surface area contributed by atoms with Gasteiger partial charge in [0, 0.05) is 5.57 Å². The van der Waals surface area contributed by atoms with E-state index >= 15 is 0 Å². The van der Waals surface area contributed by atoms with Gasteiger partial charge in [-0.2, -0.15) is 0 Å². The fraction of sp³-hybridized carbons (Fsp3) is 0.667. The zero-order valence-corrected chi connectivity index (χ0v) is 12.7. The van der Waals surface area contributed by atoms with Crippen LogP contribution in [-0.2, 0) is 18.8 Å². The molecular weight excluding hydrogens is 236 g/mol. The molecule has 0 spiro atoms. The first-order chi connectivity index (χ1) is 7.66. The summed E-state index contributed by atoms with van der Waals surface area (Å²) in [6, 6.07) is 0. The van der Waals surface area contributed by atoms with Gasteiger partial charge in [0.1, 0.15) is 0 Å². The van der Waals surface area contributed by atoms with Crippen LogP contribution >= 0.6 is 0 Å². The predicted molar refractivity (Wildman–Crippen MR) is 69.3 cm³/mol. The summed E-state index contributed by atoms with van der Waals surface area (Å²) in [6.07, 6.45) is 0. The Morgan fingerprint density at radius 3 is 2.29 bits per heavy atom. The van der Waals surface area contributed by atoms with Gasteiger partial charge in [0.25, 0.3) is 0 Å². The van der Waals surface area contributed by atoms with E-state index in [4.69, 9.17) is 9.16 Å². The van der Waals surface area contributed by atoms with Crippen molar-refractivity contribution in [3.8, 4) is 0 Å². The minimum absolute atomic E-state index is 0.0496. The summed E-state index contributed by atoms with van der Waals surface area (Å²) in [7, 11) is -0.983. The zero-order chi connectivity index (χ0) is 13.6. The lowest BCUT2D eigenvalue weighted by Crippen LogP contribution is -2.26. The number of hydrogen-bond donors (Lipinski definition) is 0. The Morgan fingerprint density at radius 2 is 1.88 bits per heavy atom. The lowest BCUT2D eigenvalue weighted by Gasteiger charge is -2.27. The maximum Gasteiger partial charge on any atom is 0.333 e. The molecular formula is C12H22O4Si. The highest BCUT2D eigenvalue weighted by atomic mass is 28.2. The van der Waals surface area contributed by atoms with E-state index in [1.165, 1.54) is 6.92 Å². The molecule has 0 radical (unpaired) electrons. The monoisotopic (exact) mass is 258 g/mol. The Balaban J connectivity index is 3.97. The van der Waals surface area contributed by atoms with Crippen LogP contribution in [0.4, 0.5) is 0 Å². The SMILES string of the molecule is C=C(C)C(=O)OCC(=O)O[SiH2]C(C)(C)C(C)C. The van der Waals surface area contributed by atoms with Crippen LogP contribution in [0.25, 0.3) is 0 Å². The Kier molecular flexibility index (Phi) is 6.16. The number of carbonyl (C=O) groups excluding carboxylic acids is 2. The van der Waals surface area contributed by atoms with Crippen molar-refractivity contribution in [1.29, 1.82) is 0 Å². The van der Waals surface area contributed by atoms with Crippen LogP contribution in [0.2, 0.25) is 5.04 Å². The van der Waals surface area contributed by atoms with Crippen molar-refractivity contribution >= 4 is 21.7 Å². The van der Waals surface area contributed by atoms with Crippen molar-refractivity contribution in [1.82, 2.24) is 0 Å². The van der Waals surface area contributed by atoms with Gasteiger partial charge in [-0.05, 0) is 17.9 Å². The molecule has 0 bridgehead atoms. The Morgan fingerprint density at radius 1 is 1.35 bits per heavy atom. The fourth-order valence-electron chi connectivity index (χ4n) is 0.723. The van der Waals surface area contributed by atoms with E-state index in [2.05, 4.69) is 34.3 Å². The molecule has 0 rings (SSSR count). The number of rotatable bonds is 6. The van der Waals surface area contributed by atoms with Crippen LogP contribution < -0.4 is 0 Å². The van der Waals surface area contributed by atoms with Crippen molar-refractivity contribution in [3.05, 3.63) is 12.2 Å². The van der Waals surface area contributed by atoms with E-state index in [-0.39, 0.29) is 17.2 Å². The summed E-state index contributed by atoms with van der Waals surface area (Å²) in [4.78, 5) is 22.4. The molecule has 98 valence electrons. The lowest BCUT2D eigenvalue weighted by molar-refractivity contribution is -0.150. The third kappa shape index (κ3) is 6.26. The van der Waals surface area contributed by atoms with Gasteiger partial charge in [0.15, 0.2) is 6.61 Å². The van der Waals surface area contributed by atoms with Crippen LogP contribution in [-0.4, -0.2) is 28.3 Å². The molecule has 4 nitrogen and oxygen atoms in total. The Hall–Kier alpha value is -1.10. The summed E-state index contributed by atoms with van der Waals surface area (Å²) in [5.41, 5.74) is 0.276. The molecule has 0 heterocycles. The van der Waals surface area contributed by atoms with Crippen LogP contribution in [0, 0.1) is 5.92 Å². The molecule has 0 fully saturated rings. The molecule has 0 aliphatic rings. The molecule has 5 heteroatoms. The van der Waals surface area contributed by atoms with Crippen molar-refractivity contribution in [2.75, 3.05) is 6.61 Å². The first-order valence-electron chi connectivity index (χ1n) is 5.65. The largest absolute Gasteiger partial charge is 0.522 e. The highest BCUT2D eigenvalue weighted by Crippen LogP contribution is 2.32. The van der Waals surface area contributed by atoms with Crippen LogP contribution in [0.5, 0.6) is 0 Å². The maximum atomic E-state index is 11.3. The number of esters is 1. The first-order valence-corrected chi connectivity index (χ1v) is 6.93. The van der Waals surface area contributed by atoms with E-state index in [9.17, 15) is 9.59 Å². The number of hydrogen-bond acceptors (Lipinski definition) is 4. The Labute approximate surface area is 105 Å². The first kappa shape index (κ1) is 15.9. The molecule has 0 aliphatic carbocycles. The van der Waals surface area contributed by atoms with Gasteiger partial charge in [-0.25, -0.2) is 9.59 Å². The molecule has 0 aromatic rings. The second-order valence-electron chi connectivity index (χ2n) is 5.16. The van der Waals surface area contributed by atoms with Crippen molar-refractivity contribution < 1.29 is 18.8 Å². The summed E-state index contributed by atoms with van der Waals surface area (Å²) in [5.74, 6) is -0.577. The van der Waals surface area contributed by atoms with Crippen molar-refractivity contribution in [3.63, 3.8) is 0 Å². The summed E-state index contributed by atoms with van der Waals surface area (Å²) < 4.78 is 9.89. The quantitative estimate of drug-likeness (QED) is 0.412. The minimum Gasteiger partial charge on any atom is -0.522 e. The predicted octanol–water partition coefficient (Wildman–Crippen LogP) is 1.59. The number of ether oxygens (including phenoxy) is 1. The third-order valence-corrected chi connectivity index (χ3v) is 4.86. The molecule has 17 heavy (non-hydrogen) atoms. The van der Waals surface area contributed by atoms with Gasteiger partial charge in [-0.15, -0.1) is 0 Å². The molecule has 0 atom stereocenters. The van der Waals surface area contributed by atoms with Gasteiger partial charge in [0.05, 0.1) is 0 Å². The van der Waals surface area contributed by atoms with Gasteiger partial charge >= 0.3 is 11.9 Å². The van der Waals surface area contributed by atoms with Gasteiger partial charge < -0.3 is 9.16 Å². The molecule has 0 saturated carbocycles. The highest BCUT2D eigenvalue weighted by molar-refractivity contribution is 6.35. The van der Waals surface area contributed by atoms with E-state index in [0.717, 1.165) is 0 Å². The van der Waals surface area contributed by atoms with Crippen molar-refractivity contribution in [2.45, 2.75) is 39.7 Å². The van der Waals surface area contributed by atoms with Crippen LogP contribution in [0.3, 0.4) is 0 Å². The second kappa shape index (κ2) is 6.59. The topological polar surface area (TPSA) is 52.6 Å². The van der Waals surface area contributed by atoms with Crippen LogP contribution in [0.1, 0.15) is 34.6 Å². The van der Waals surface area contributed by atoms with E-state index in [0.29, 0.717) is 5.92 Å². The lowest BCUT2D eigenvalue weighted by atomic mass is 9.99. The van der Waals surface area contributed by atoms with E-state index in [1.807, 2.05) is 0 Å². The fourth-order valence-corrected chi connectivity index (χ4v) is 1.67. The highest BCUT2D eigenvalue weighted by Gasteiger charge is 2.25. The second-order valence-corrected chi connectivity index (χ2v) is 7.56. The number of carbonyl (C=O) groups is 2. The van der Waals surface area contributed by atoms with E-state index < -0.39 is 21.7 Å². The normalized spacial score (nSPS) is 11.9. The summed E-state index contributed by atoms with van der Waals surface area (Å²) in [5, 5.41) is 0.0496. The molecule has 0 aliphatic heterocycles. The smallest absolute Gasteiger partial charge is 0.333 e. The molecule has 0 aromatic heterocycles. The van der Waals surface area contributed by atoms with Gasteiger partial charge in [-0.3, -0.25) is 0 Å². The van der Waals surface area contributed by atoms with Gasteiger partial charge in [-0.1, -0.05) is 34.3 Å². The molecule has 0 N–H and O–H groups in total. The molecule has 0 amide bonds. The third-order valence-electron chi connectivity index (χ3n) is 2.84. The minimum atomic E-state index is -0.983. The van der Waals surface area contributed by atoms with Gasteiger partial charge in [0.2, 0.25) is 9.76 Å². The molecule has 0 unspecified atom stereocenters. The molecule has 0 aromatic carbocycles. The summed E-state index contributed by atoms with van der Waals surface area (Å²) in [6.45, 7) is 13.0. The van der Waals surface area contributed by atoms with Crippen LogP contribution in [0.15, 0.2) is 12.2 Å². The average molecular weight is 258 g/mol. The van der Waals surface area contributed by atoms with E-state index in [1.54, 1.807) is 0 Å². The maximum absolute atomic E-state index is 11.3. The Bertz CT molecular complexity index is 308. The molecule has 0 saturated heterocycles. The standard InChI is InChI=1S/C12H22O4Si/c1-8(2)11(14)15-7-10(13)16-17-12(5,6)9(3)4/h9H,1,7,17H2,2-6H3.